The highest BCUT2D eigenvalue weighted by molar-refractivity contribution is 5.83. The molecule has 1 rings (SSSR count). The lowest BCUT2D eigenvalue weighted by atomic mass is 10.1. The molecule has 3 N–H and O–H groups in total. The van der Waals surface area contributed by atoms with Gasteiger partial charge in [-0.2, -0.15) is 0 Å². The molecule has 1 saturated heterocycles. The Kier molecular flexibility index (Phi) is 6.08. The molecule has 19 heavy (non-hydrogen) atoms. The lowest BCUT2D eigenvalue weighted by Crippen LogP contribution is -2.46. The maximum absolute atomic E-state index is 11.8. The van der Waals surface area contributed by atoms with Gasteiger partial charge in [-0.3, -0.25) is 0 Å². The summed E-state index contributed by atoms with van der Waals surface area (Å²) in [5, 5.41) is 21.2. The van der Waals surface area contributed by atoms with E-state index in [-0.39, 0.29) is 13.0 Å². The summed E-state index contributed by atoms with van der Waals surface area (Å²) in [6, 6.07) is -1.31. The molecule has 2 amide bonds. The fourth-order valence-electron chi connectivity index (χ4n) is 2.25. The van der Waals surface area contributed by atoms with Gasteiger partial charge in [0.25, 0.3) is 0 Å². The van der Waals surface area contributed by atoms with Crippen molar-refractivity contribution < 1.29 is 19.8 Å². The molecular formula is C13H24N2O4. The van der Waals surface area contributed by atoms with Crippen LogP contribution in [-0.2, 0) is 4.79 Å². The fourth-order valence-corrected chi connectivity index (χ4v) is 2.25. The smallest absolute Gasteiger partial charge is 0.326 e. The zero-order valence-corrected chi connectivity index (χ0v) is 11.6. The number of carbonyl (C=O) groups excluding carboxylic acids is 1. The number of urea groups is 1. The second-order valence-corrected chi connectivity index (χ2v) is 5.52. The van der Waals surface area contributed by atoms with Crippen LogP contribution in [0.25, 0.3) is 0 Å². The third kappa shape index (κ3) is 5.06. The maximum atomic E-state index is 11.8. The number of aliphatic hydroxyl groups is 1. The van der Waals surface area contributed by atoms with Crippen LogP contribution in [0.3, 0.4) is 0 Å². The van der Waals surface area contributed by atoms with Gasteiger partial charge in [0.15, 0.2) is 0 Å². The molecule has 1 fully saturated rings. The first kappa shape index (κ1) is 15.8. The van der Waals surface area contributed by atoms with Crippen LogP contribution in [0.5, 0.6) is 0 Å². The van der Waals surface area contributed by atoms with Crippen molar-refractivity contribution in [1.29, 1.82) is 0 Å². The van der Waals surface area contributed by atoms with E-state index in [1.54, 1.807) is 0 Å². The van der Waals surface area contributed by atoms with Gasteiger partial charge in [0.2, 0.25) is 0 Å². The number of hydrogen-bond acceptors (Lipinski definition) is 3. The molecule has 0 aromatic heterocycles. The first-order valence-corrected chi connectivity index (χ1v) is 6.87. The molecule has 0 saturated carbocycles. The predicted molar refractivity (Wildman–Crippen MR) is 70.8 cm³/mol. The number of rotatable bonds is 6. The molecule has 0 aromatic rings. The minimum Gasteiger partial charge on any atom is -0.480 e. The third-order valence-electron chi connectivity index (χ3n) is 3.31. The number of carbonyl (C=O) groups is 2. The highest BCUT2D eigenvalue weighted by atomic mass is 16.4. The summed E-state index contributed by atoms with van der Waals surface area (Å²) in [5.74, 6) is -0.410. The number of unbranched alkanes of at least 4 members (excludes halogenated alkanes) is 1. The van der Waals surface area contributed by atoms with E-state index < -0.39 is 24.1 Å². The monoisotopic (exact) mass is 272 g/mol. The van der Waals surface area contributed by atoms with Crippen LogP contribution in [0, 0.1) is 5.92 Å². The second kappa shape index (κ2) is 7.33. The average molecular weight is 272 g/mol. The summed E-state index contributed by atoms with van der Waals surface area (Å²) in [6.07, 6.45) is 2.42. The molecule has 6 nitrogen and oxygen atoms in total. The van der Waals surface area contributed by atoms with E-state index in [0.29, 0.717) is 12.5 Å². The van der Waals surface area contributed by atoms with E-state index in [1.165, 1.54) is 4.90 Å². The van der Waals surface area contributed by atoms with Gasteiger partial charge in [-0.15, -0.1) is 0 Å². The molecule has 0 radical (unpaired) electrons. The Balaban J connectivity index is 2.30. The van der Waals surface area contributed by atoms with Crippen molar-refractivity contribution in [1.82, 2.24) is 10.2 Å². The number of hydrogen-bond donors (Lipinski definition) is 3. The number of β-amino-alcohol motifs (C(OH)–C–C–N with tert-alkyl or cyclic N) is 1. The maximum Gasteiger partial charge on any atom is 0.326 e. The minimum absolute atomic E-state index is 0.0921. The minimum atomic E-state index is -1.06. The molecule has 0 aliphatic carbocycles. The number of likely N-dealkylation sites (tertiary alicyclic amines) is 1. The van der Waals surface area contributed by atoms with Crippen molar-refractivity contribution >= 4 is 12.0 Å². The van der Waals surface area contributed by atoms with Crippen LogP contribution < -0.4 is 5.32 Å². The number of aliphatic carboxylic acids is 1. The SMILES string of the molecule is CC(C)CCCCNC(=O)N1CC(O)C[C@H]1C(=O)O. The van der Waals surface area contributed by atoms with Gasteiger partial charge >= 0.3 is 12.0 Å². The number of nitrogens with zero attached hydrogens (tertiary/aromatic N) is 1. The molecule has 6 heteroatoms. The lowest BCUT2D eigenvalue weighted by Gasteiger charge is -2.21. The summed E-state index contributed by atoms with van der Waals surface area (Å²) >= 11 is 0. The van der Waals surface area contributed by atoms with Crippen LogP contribution in [0.4, 0.5) is 4.79 Å². The molecule has 1 heterocycles. The number of carboxylic acids is 1. The summed E-state index contributed by atoms with van der Waals surface area (Å²) < 4.78 is 0. The Morgan fingerprint density at radius 2 is 2.05 bits per heavy atom. The van der Waals surface area contributed by atoms with Gasteiger partial charge in [-0.05, 0) is 12.3 Å². The molecule has 0 aromatic carbocycles. The number of carboxylic acid groups (broad SMARTS) is 1. The summed E-state index contributed by atoms with van der Waals surface area (Å²) in [5.41, 5.74) is 0. The first-order valence-electron chi connectivity index (χ1n) is 6.87. The molecule has 1 unspecified atom stereocenters. The molecule has 0 bridgehead atoms. The zero-order chi connectivity index (χ0) is 14.4. The summed E-state index contributed by atoms with van der Waals surface area (Å²) in [6.45, 7) is 4.95. The van der Waals surface area contributed by atoms with E-state index in [4.69, 9.17) is 5.11 Å². The highest BCUT2D eigenvalue weighted by Crippen LogP contribution is 2.18. The Hall–Kier alpha value is -1.30. The summed E-state index contributed by atoms with van der Waals surface area (Å²) in [7, 11) is 0. The lowest BCUT2D eigenvalue weighted by molar-refractivity contribution is -0.141. The van der Waals surface area contributed by atoms with Crippen LogP contribution >= 0.6 is 0 Å². The van der Waals surface area contributed by atoms with Crippen LogP contribution in [-0.4, -0.2) is 52.3 Å². The van der Waals surface area contributed by atoms with Gasteiger partial charge in [0.1, 0.15) is 6.04 Å². The first-order chi connectivity index (χ1) is 8.91. The van der Waals surface area contributed by atoms with Gasteiger partial charge in [-0.1, -0.05) is 26.7 Å². The Labute approximate surface area is 113 Å². The molecule has 110 valence electrons. The van der Waals surface area contributed by atoms with E-state index in [9.17, 15) is 14.7 Å². The van der Waals surface area contributed by atoms with Crippen molar-refractivity contribution in [2.75, 3.05) is 13.1 Å². The Bertz CT molecular complexity index is 320. The zero-order valence-electron chi connectivity index (χ0n) is 11.6. The van der Waals surface area contributed by atoms with Crippen LogP contribution in [0.15, 0.2) is 0 Å². The van der Waals surface area contributed by atoms with E-state index in [0.717, 1.165) is 19.3 Å². The van der Waals surface area contributed by atoms with Crippen LogP contribution in [0.2, 0.25) is 0 Å². The molecule has 1 aliphatic rings. The van der Waals surface area contributed by atoms with E-state index in [2.05, 4.69) is 19.2 Å². The van der Waals surface area contributed by atoms with Crippen LogP contribution in [0.1, 0.15) is 39.5 Å². The van der Waals surface area contributed by atoms with E-state index >= 15 is 0 Å². The van der Waals surface area contributed by atoms with Gasteiger partial charge in [0.05, 0.1) is 6.10 Å². The van der Waals surface area contributed by atoms with Gasteiger partial charge in [0, 0.05) is 19.5 Å². The van der Waals surface area contributed by atoms with Crippen molar-refractivity contribution in [2.24, 2.45) is 5.92 Å². The topological polar surface area (TPSA) is 89.9 Å². The third-order valence-corrected chi connectivity index (χ3v) is 3.31. The second-order valence-electron chi connectivity index (χ2n) is 5.52. The van der Waals surface area contributed by atoms with Gasteiger partial charge < -0.3 is 20.4 Å². The standard InChI is InChI=1S/C13H24N2O4/c1-9(2)5-3-4-6-14-13(19)15-8-10(16)7-11(15)12(17)18/h9-11,16H,3-8H2,1-2H3,(H,14,19)(H,17,18)/t10?,11-/m0/s1. The number of aliphatic hydroxyl groups excluding tert-OH is 1. The largest absolute Gasteiger partial charge is 0.480 e. The molecule has 1 aliphatic heterocycles. The van der Waals surface area contributed by atoms with Crippen molar-refractivity contribution in [3.05, 3.63) is 0 Å². The Morgan fingerprint density at radius 3 is 2.63 bits per heavy atom. The van der Waals surface area contributed by atoms with Crippen molar-refractivity contribution in [3.8, 4) is 0 Å². The van der Waals surface area contributed by atoms with E-state index in [1.807, 2.05) is 0 Å². The number of nitrogens with one attached hydrogen (secondary N) is 1. The van der Waals surface area contributed by atoms with Crippen molar-refractivity contribution in [2.45, 2.75) is 51.7 Å². The quantitative estimate of drug-likeness (QED) is 0.630. The summed E-state index contributed by atoms with van der Waals surface area (Å²) in [4.78, 5) is 24.0. The number of amides is 2. The average Bonchev–Trinajstić information content (AvgIpc) is 2.70. The predicted octanol–water partition coefficient (Wildman–Crippen LogP) is 1.04. The fraction of sp³-hybridized carbons (Fsp3) is 0.846. The Morgan fingerprint density at radius 1 is 1.37 bits per heavy atom. The van der Waals surface area contributed by atoms with Gasteiger partial charge in [-0.25, -0.2) is 9.59 Å². The van der Waals surface area contributed by atoms with Crippen molar-refractivity contribution in [3.63, 3.8) is 0 Å². The molecule has 0 spiro atoms. The molecular weight excluding hydrogens is 248 g/mol. The molecule has 2 atom stereocenters. The highest BCUT2D eigenvalue weighted by Gasteiger charge is 2.38. The normalized spacial score (nSPS) is 22.8.